The van der Waals surface area contributed by atoms with Crippen molar-refractivity contribution in [2.75, 3.05) is 10.1 Å². The fraction of sp³-hybridized carbons (Fsp3) is 0. The molecule has 0 aliphatic rings. The van der Waals surface area contributed by atoms with E-state index in [1.807, 2.05) is 6.07 Å². The number of nitriles is 1. The summed E-state index contributed by atoms with van der Waals surface area (Å²) in [6.07, 6.45) is 0. The first-order valence-corrected chi connectivity index (χ1v) is 7.89. The van der Waals surface area contributed by atoms with Gasteiger partial charge in [-0.25, -0.2) is 23.8 Å². The molecule has 8 heteroatoms. The number of benzene rings is 3. The number of hydrogen-bond acceptors (Lipinski definition) is 5. The molecule has 0 spiro atoms. The van der Waals surface area contributed by atoms with Crippen LogP contribution in [0.3, 0.4) is 0 Å². The van der Waals surface area contributed by atoms with E-state index in [1.165, 1.54) is 48.5 Å². The minimum atomic E-state index is -1.05. The number of rotatable bonds is 4. The second-order valence-electron chi connectivity index (χ2n) is 5.67. The van der Waals surface area contributed by atoms with Crippen molar-refractivity contribution in [1.82, 2.24) is 0 Å². The molecule has 0 saturated heterocycles. The molecule has 0 amide bonds. The summed E-state index contributed by atoms with van der Waals surface area (Å²) in [5.41, 5.74) is 0.159. The molecule has 0 bridgehead atoms. The summed E-state index contributed by atoms with van der Waals surface area (Å²) >= 11 is 0. The summed E-state index contributed by atoms with van der Waals surface area (Å²) in [6.45, 7) is 6.92. The molecule has 0 unspecified atom stereocenters. The Morgan fingerprint density at radius 1 is 0.821 bits per heavy atom. The van der Waals surface area contributed by atoms with Gasteiger partial charge >= 0.3 is 0 Å². The van der Waals surface area contributed by atoms with E-state index in [9.17, 15) is 19.2 Å². The fourth-order valence-electron chi connectivity index (χ4n) is 2.47. The molecule has 3 rings (SSSR count). The van der Waals surface area contributed by atoms with E-state index in [4.69, 9.17) is 11.8 Å². The molecule has 28 heavy (non-hydrogen) atoms. The highest BCUT2D eigenvalue weighted by Gasteiger charge is 2.20. The molecule has 0 aliphatic heterocycles. The van der Waals surface area contributed by atoms with Gasteiger partial charge < -0.3 is 0 Å². The molecule has 0 fully saturated rings. The van der Waals surface area contributed by atoms with E-state index in [0.717, 1.165) is 6.07 Å². The zero-order valence-electron chi connectivity index (χ0n) is 14.2. The van der Waals surface area contributed by atoms with E-state index >= 15 is 0 Å². The molecule has 6 nitrogen and oxygen atoms in total. The third kappa shape index (κ3) is 3.60. The van der Waals surface area contributed by atoms with Gasteiger partial charge in [0.15, 0.2) is 17.3 Å². The van der Waals surface area contributed by atoms with Crippen LogP contribution in [0.1, 0.15) is 5.56 Å². The Kier molecular flexibility index (Phi) is 5.18. The Bertz CT molecular complexity index is 1000. The zero-order chi connectivity index (χ0) is 20.3. The van der Waals surface area contributed by atoms with E-state index in [2.05, 4.69) is 4.85 Å². The van der Waals surface area contributed by atoms with Crippen LogP contribution in [0.2, 0.25) is 0 Å². The standard InChI is InChI=1S/C20H12F2N4O2/c1-24-14-4-8-16(9-5-14)26(28)20-11-19(17(21)10-18(20)22)25(27)15-6-2-13(12-23)3-7-15/h2-11,27-28H. The van der Waals surface area contributed by atoms with Crippen molar-refractivity contribution in [1.29, 1.82) is 5.26 Å². The highest BCUT2D eigenvalue weighted by Crippen LogP contribution is 2.34. The molecule has 3 aromatic rings. The maximum atomic E-state index is 14.3. The normalized spacial score (nSPS) is 10.1. The highest BCUT2D eigenvalue weighted by atomic mass is 19.1. The Labute approximate surface area is 159 Å². The summed E-state index contributed by atoms with van der Waals surface area (Å²) in [5.74, 6) is -2.10. The van der Waals surface area contributed by atoms with Gasteiger partial charge in [0, 0.05) is 6.07 Å². The van der Waals surface area contributed by atoms with E-state index < -0.39 is 23.0 Å². The maximum absolute atomic E-state index is 14.3. The van der Waals surface area contributed by atoms with Crippen molar-refractivity contribution < 1.29 is 19.2 Å². The number of nitrogens with zero attached hydrogens (tertiary/aromatic N) is 4. The SMILES string of the molecule is [C-]#[N+]c1ccc(N(O)c2cc(N(O)c3ccc(C#N)cc3)c(F)cc2F)cc1. The van der Waals surface area contributed by atoms with Crippen LogP contribution in [0, 0.1) is 29.5 Å². The Balaban J connectivity index is 1.99. The van der Waals surface area contributed by atoms with Crippen molar-refractivity contribution in [2.45, 2.75) is 0 Å². The van der Waals surface area contributed by atoms with E-state index in [-0.39, 0.29) is 11.4 Å². The topological polar surface area (TPSA) is 75.1 Å². The van der Waals surface area contributed by atoms with Crippen molar-refractivity contribution in [2.24, 2.45) is 0 Å². The first-order chi connectivity index (χ1) is 13.4. The third-order valence-corrected chi connectivity index (χ3v) is 3.94. The lowest BCUT2D eigenvalue weighted by Gasteiger charge is -2.22. The van der Waals surface area contributed by atoms with Crippen LogP contribution in [0.5, 0.6) is 0 Å². The van der Waals surface area contributed by atoms with Gasteiger partial charge in [-0.05, 0) is 42.5 Å². The van der Waals surface area contributed by atoms with Gasteiger partial charge in [-0.15, -0.1) is 0 Å². The monoisotopic (exact) mass is 378 g/mol. The summed E-state index contributed by atoms with van der Waals surface area (Å²) in [5, 5.41) is 30.4. The number of halogens is 2. The average Bonchev–Trinajstić information content (AvgIpc) is 2.73. The number of anilines is 4. The zero-order valence-corrected chi connectivity index (χ0v) is 14.2. The van der Waals surface area contributed by atoms with Gasteiger partial charge in [0.2, 0.25) is 0 Å². The third-order valence-electron chi connectivity index (χ3n) is 3.94. The van der Waals surface area contributed by atoms with Crippen molar-refractivity contribution in [3.63, 3.8) is 0 Å². The van der Waals surface area contributed by atoms with Crippen molar-refractivity contribution in [3.8, 4) is 6.07 Å². The van der Waals surface area contributed by atoms with Gasteiger partial charge in [0.25, 0.3) is 0 Å². The predicted octanol–water partition coefficient (Wildman–Crippen LogP) is 5.44. The Morgan fingerprint density at radius 3 is 1.71 bits per heavy atom. The van der Waals surface area contributed by atoms with Gasteiger partial charge in [-0.2, -0.15) is 5.26 Å². The minimum absolute atomic E-state index is 0.140. The van der Waals surface area contributed by atoms with Gasteiger partial charge in [-0.1, -0.05) is 12.1 Å². The molecule has 138 valence electrons. The van der Waals surface area contributed by atoms with Gasteiger partial charge in [-0.3, -0.25) is 10.4 Å². The molecule has 2 N–H and O–H groups in total. The molecular weight excluding hydrogens is 366 g/mol. The largest absolute Gasteiger partial charge is 0.283 e. The minimum Gasteiger partial charge on any atom is -0.283 e. The molecule has 0 atom stereocenters. The molecule has 0 radical (unpaired) electrons. The summed E-state index contributed by atoms with van der Waals surface area (Å²) < 4.78 is 28.5. The average molecular weight is 378 g/mol. The first-order valence-electron chi connectivity index (χ1n) is 7.89. The van der Waals surface area contributed by atoms with Crippen molar-refractivity contribution in [3.05, 3.63) is 89.3 Å². The molecule has 0 aliphatic carbocycles. The first kappa shape index (κ1) is 18.8. The van der Waals surface area contributed by atoms with E-state index in [1.54, 1.807) is 0 Å². The highest BCUT2D eigenvalue weighted by molar-refractivity contribution is 5.70. The van der Waals surface area contributed by atoms with Crippen LogP contribution in [-0.4, -0.2) is 10.4 Å². The van der Waals surface area contributed by atoms with Gasteiger partial charge in [0.1, 0.15) is 11.4 Å². The molecule has 3 aromatic carbocycles. The second kappa shape index (κ2) is 7.72. The number of hydrogen-bond donors (Lipinski definition) is 2. The van der Waals surface area contributed by atoms with Crippen molar-refractivity contribution >= 4 is 28.4 Å². The van der Waals surface area contributed by atoms with Crippen LogP contribution < -0.4 is 10.1 Å². The lowest BCUT2D eigenvalue weighted by molar-refractivity contribution is 0.291. The Morgan fingerprint density at radius 2 is 1.29 bits per heavy atom. The van der Waals surface area contributed by atoms with Crippen LogP contribution in [0.25, 0.3) is 4.85 Å². The summed E-state index contributed by atoms with van der Waals surface area (Å²) in [7, 11) is 0. The molecule has 0 aromatic heterocycles. The quantitative estimate of drug-likeness (QED) is 0.467. The summed E-state index contributed by atoms with van der Waals surface area (Å²) in [6, 6.07) is 14.7. The lowest BCUT2D eigenvalue weighted by atomic mass is 10.2. The Hall–Kier alpha value is -3.98. The summed E-state index contributed by atoms with van der Waals surface area (Å²) in [4.78, 5) is 3.22. The second-order valence-corrected chi connectivity index (χ2v) is 5.67. The fourth-order valence-corrected chi connectivity index (χ4v) is 2.47. The molecule has 0 saturated carbocycles. The van der Waals surface area contributed by atoms with Crippen LogP contribution in [0.4, 0.5) is 37.2 Å². The predicted molar refractivity (Wildman–Crippen MR) is 98.1 cm³/mol. The maximum Gasteiger partial charge on any atom is 0.187 e. The molecular formula is C20H12F2N4O2. The van der Waals surface area contributed by atoms with Crippen LogP contribution in [0.15, 0.2) is 60.7 Å². The molecule has 0 heterocycles. The smallest absolute Gasteiger partial charge is 0.187 e. The van der Waals surface area contributed by atoms with Crippen LogP contribution >= 0.6 is 0 Å². The lowest BCUT2D eigenvalue weighted by Crippen LogP contribution is -2.16. The van der Waals surface area contributed by atoms with Gasteiger partial charge in [0.05, 0.1) is 29.6 Å². The van der Waals surface area contributed by atoms with Crippen LogP contribution in [-0.2, 0) is 0 Å². The van der Waals surface area contributed by atoms with E-state index in [0.29, 0.717) is 27.4 Å².